The zero-order valence-corrected chi connectivity index (χ0v) is 21.5. The van der Waals surface area contributed by atoms with Gasteiger partial charge in [0.1, 0.15) is 0 Å². The van der Waals surface area contributed by atoms with Gasteiger partial charge in [0, 0.05) is 42.5 Å². The van der Waals surface area contributed by atoms with E-state index >= 15 is 0 Å². The van der Waals surface area contributed by atoms with Crippen LogP contribution < -0.4 is 10.6 Å². The van der Waals surface area contributed by atoms with Crippen LogP contribution in [0.1, 0.15) is 35.2 Å². The molecule has 0 radical (unpaired) electrons. The smallest absolute Gasteiger partial charge is 0.255 e. The summed E-state index contributed by atoms with van der Waals surface area (Å²) in [6.07, 6.45) is 3.05. The molecule has 0 unspecified atom stereocenters. The molecule has 0 aromatic heterocycles. The van der Waals surface area contributed by atoms with Gasteiger partial charge in [-0.1, -0.05) is 42.8 Å². The van der Waals surface area contributed by atoms with Crippen LogP contribution in [0.5, 0.6) is 0 Å². The van der Waals surface area contributed by atoms with Gasteiger partial charge in [0.2, 0.25) is 5.91 Å². The Bertz CT molecular complexity index is 1370. The largest absolute Gasteiger partial charge is 0.326 e. The van der Waals surface area contributed by atoms with Gasteiger partial charge in [0.25, 0.3) is 5.91 Å². The van der Waals surface area contributed by atoms with Crippen LogP contribution in [-0.4, -0.2) is 49.7 Å². The predicted octanol–water partition coefficient (Wildman–Crippen LogP) is 4.57. The molecule has 1 saturated heterocycles. The number of nitrogens with one attached hydrogen (secondary N) is 2. The number of hydrogen-bond acceptors (Lipinski definition) is 5. The Balaban J connectivity index is 1.16. The van der Waals surface area contributed by atoms with Crippen LogP contribution in [-0.2, 0) is 21.2 Å². The molecule has 2 aliphatic rings. The van der Waals surface area contributed by atoms with Crippen molar-refractivity contribution >= 4 is 33.0 Å². The van der Waals surface area contributed by atoms with Gasteiger partial charge in [0.15, 0.2) is 9.84 Å². The molecule has 7 nitrogen and oxygen atoms in total. The quantitative estimate of drug-likeness (QED) is 0.479. The minimum absolute atomic E-state index is 0.0883. The second-order valence-corrected chi connectivity index (χ2v) is 12.2. The molecule has 37 heavy (non-hydrogen) atoms. The van der Waals surface area contributed by atoms with Crippen molar-refractivity contribution in [3.8, 4) is 11.1 Å². The number of nitrogens with zero attached hydrogens (tertiary/aromatic N) is 1. The zero-order chi connectivity index (χ0) is 25.8. The minimum atomic E-state index is -2.89. The molecule has 1 aliphatic carbocycles. The van der Waals surface area contributed by atoms with Crippen molar-refractivity contribution < 1.29 is 18.0 Å². The number of hydrogen-bond donors (Lipinski definition) is 2. The number of amides is 2. The monoisotopic (exact) mass is 517 g/mol. The van der Waals surface area contributed by atoms with Crippen molar-refractivity contribution in [2.75, 3.05) is 35.2 Å². The van der Waals surface area contributed by atoms with Crippen LogP contribution in [0.3, 0.4) is 0 Å². The van der Waals surface area contributed by atoms with Crippen molar-refractivity contribution in [2.24, 2.45) is 5.92 Å². The van der Waals surface area contributed by atoms with E-state index in [4.69, 9.17) is 0 Å². The molecule has 192 valence electrons. The Morgan fingerprint density at radius 3 is 2.16 bits per heavy atom. The standard InChI is InChI=1S/C29H31N3O4S/c33-28(23-3-1-4-23)31-27-6-2-5-25(19-27)22-9-11-24(12-10-22)29(34)30-26-13-7-21(8-14-26)20-32-15-17-37(35,36)18-16-32/h2,5-14,19,23H,1,3-4,15-18,20H2,(H,30,34)(H,31,33). The summed E-state index contributed by atoms with van der Waals surface area (Å²) in [4.78, 5) is 27.2. The molecular formula is C29H31N3O4S. The fourth-order valence-corrected chi connectivity index (χ4v) is 5.85. The van der Waals surface area contributed by atoms with Crippen LogP contribution in [0.4, 0.5) is 11.4 Å². The second kappa shape index (κ2) is 10.9. The van der Waals surface area contributed by atoms with E-state index in [0.717, 1.165) is 41.6 Å². The molecule has 1 heterocycles. The summed E-state index contributed by atoms with van der Waals surface area (Å²) in [5.74, 6) is 0.450. The highest BCUT2D eigenvalue weighted by Gasteiger charge is 2.25. The van der Waals surface area contributed by atoms with E-state index in [1.807, 2.05) is 60.7 Å². The third kappa shape index (κ3) is 6.45. The average Bonchev–Trinajstić information content (AvgIpc) is 2.85. The highest BCUT2D eigenvalue weighted by atomic mass is 32.2. The SMILES string of the molecule is O=C(Nc1ccc(CN2CCS(=O)(=O)CC2)cc1)c1ccc(-c2cccc(NC(=O)C3CCC3)c2)cc1. The summed E-state index contributed by atoms with van der Waals surface area (Å²) in [7, 11) is -2.89. The van der Waals surface area contributed by atoms with E-state index < -0.39 is 9.84 Å². The number of carbonyl (C=O) groups excluding carboxylic acids is 2. The second-order valence-electron chi connectivity index (χ2n) is 9.85. The topological polar surface area (TPSA) is 95.6 Å². The number of anilines is 2. The highest BCUT2D eigenvalue weighted by Crippen LogP contribution is 2.29. The molecule has 2 amide bonds. The highest BCUT2D eigenvalue weighted by molar-refractivity contribution is 7.91. The maximum atomic E-state index is 12.8. The molecule has 3 aromatic carbocycles. The van der Waals surface area contributed by atoms with Gasteiger partial charge >= 0.3 is 0 Å². The molecule has 8 heteroatoms. The summed E-state index contributed by atoms with van der Waals surface area (Å²) in [6, 6.07) is 22.8. The lowest BCUT2D eigenvalue weighted by Crippen LogP contribution is -2.39. The maximum Gasteiger partial charge on any atom is 0.255 e. The van der Waals surface area contributed by atoms with E-state index in [1.165, 1.54) is 0 Å². The molecule has 0 atom stereocenters. The first-order chi connectivity index (χ1) is 17.8. The van der Waals surface area contributed by atoms with Crippen molar-refractivity contribution in [3.63, 3.8) is 0 Å². The molecule has 0 bridgehead atoms. The Morgan fingerprint density at radius 2 is 1.51 bits per heavy atom. The van der Waals surface area contributed by atoms with Crippen LogP contribution >= 0.6 is 0 Å². The predicted molar refractivity (Wildman–Crippen MR) is 146 cm³/mol. The zero-order valence-electron chi connectivity index (χ0n) is 20.7. The van der Waals surface area contributed by atoms with Gasteiger partial charge in [0.05, 0.1) is 11.5 Å². The Morgan fingerprint density at radius 1 is 0.811 bits per heavy atom. The van der Waals surface area contributed by atoms with E-state index in [-0.39, 0.29) is 29.2 Å². The fourth-order valence-electron chi connectivity index (χ4n) is 4.57. The van der Waals surface area contributed by atoms with Crippen molar-refractivity contribution in [2.45, 2.75) is 25.8 Å². The van der Waals surface area contributed by atoms with Gasteiger partial charge in [-0.2, -0.15) is 0 Å². The third-order valence-electron chi connectivity index (χ3n) is 7.14. The van der Waals surface area contributed by atoms with Crippen molar-refractivity contribution in [3.05, 3.63) is 83.9 Å². The molecule has 2 fully saturated rings. The first kappa shape index (κ1) is 25.2. The first-order valence-corrected chi connectivity index (χ1v) is 14.5. The molecule has 0 spiro atoms. The normalized spacial score (nSPS) is 17.5. The maximum absolute atomic E-state index is 12.8. The number of sulfone groups is 1. The summed E-state index contributed by atoms with van der Waals surface area (Å²) in [5.41, 5.74) is 5.05. The van der Waals surface area contributed by atoms with Crippen molar-refractivity contribution in [1.82, 2.24) is 4.90 Å². The number of benzene rings is 3. The molecule has 1 aliphatic heterocycles. The molecule has 3 aromatic rings. The van der Waals surface area contributed by atoms with Crippen LogP contribution in [0.2, 0.25) is 0 Å². The first-order valence-electron chi connectivity index (χ1n) is 12.7. The molecule has 2 N–H and O–H groups in total. The summed E-state index contributed by atoms with van der Waals surface area (Å²) in [6.45, 7) is 1.79. The van der Waals surface area contributed by atoms with Crippen LogP contribution in [0.25, 0.3) is 11.1 Å². The lowest BCUT2D eigenvalue weighted by Gasteiger charge is -2.26. The summed E-state index contributed by atoms with van der Waals surface area (Å²) < 4.78 is 23.2. The lowest BCUT2D eigenvalue weighted by atomic mass is 9.85. The third-order valence-corrected chi connectivity index (χ3v) is 8.75. The van der Waals surface area contributed by atoms with E-state index in [1.54, 1.807) is 12.1 Å². The fraction of sp³-hybridized carbons (Fsp3) is 0.310. The summed E-state index contributed by atoms with van der Waals surface area (Å²) in [5, 5.41) is 5.94. The van der Waals surface area contributed by atoms with E-state index in [9.17, 15) is 18.0 Å². The van der Waals surface area contributed by atoms with E-state index in [0.29, 0.717) is 30.9 Å². The van der Waals surface area contributed by atoms with Gasteiger partial charge < -0.3 is 10.6 Å². The average molecular weight is 518 g/mol. The summed E-state index contributed by atoms with van der Waals surface area (Å²) >= 11 is 0. The minimum Gasteiger partial charge on any atom is -0.326 e. The molecular weight excluding hydrogens is 486 g/mol. The Labute approximate surface area is 217 Å². The van der Waals surface area contributed by atoms with Gasteiger partial charge in [-0.3, -0.25) is 14.5 Å². The Kier molecular flexibility index (Phi) is 7.39. The van der Waals surface area contributed by atoms with E-state index in [2.05, 4.69) is 15.5 Å². The molecule has 5 rings (SSSR count). The molecule has 1 saturated carbocycles. The van der Waals surface area contributed by atoms with Gasteiger partial charge in [-0.25, -0.2) is 8.42 Å². The lowest BCUT2D eigenvalue weighted by molar-refractivity contribution is -0.122. The van der Waals surface area contributed by atoms with Gasteiger partial charge in [-0.05, 0) is 65.9 Å². The number of rotatable bonds is 7. The Hall–Kier alpha value is -3.49. The van der Waals surface area contributed by atoms with Crippen molar-refractivity contribution in [1.29, 1.82) is 0 Å². The number of carbonyl (C=O) groups is 2. The van der Waals surface area contributed by atoms with Crippen LogP contribution in [0, 0.1) is 5.92 Å². The van der Waals surface area contributed by atoms with Gasteiger partial charge in [-0.15, -0.1) is 0 Å². The van der Waals surface area contributed by atoms with Crippen LogP contribution in [0.15, 0.2) is 72.8 Å².